The zero-order valence-corrected chi connectivity index (χ0v) is 11.0. The number of aromatic nitrogens is 3. The molecule has 0 aromatic carbocycles. The van der Waals surface area contributed by atoms with E-state index in [0.29, 0.717) is 17.3 Å². The Labute approximate surface area is 111 Å². The topological polar surface area (TPSA) is 71.2 Å². The van der Waals surface area contributed by atoms with E-state index in [2.05, 4.69) is 10.1 Å². The van der Waals surface area contributed by atoms with Gasteiger partial charge in [0.2, 0.25) is 5.91 Å². The number of rotatable bonds is 2. The standard InChI is InChI=1S/C13H18N4O2/c1-9(18)16-6-12(7-16)4-10(5-12)17-8-14-11(15-17)13(19)2-3-13/h8,10,19H,2-7H2,1H3. The van der Waals surface area contributed by atoms with Gasteiger partial charge in [0.25, 0.3) is 0 Å². The van der Waals surface area contributed by atoms with E-state index in [1.165, 1.54) is 0 Å². The Morgan fingerprint density at radius 1 is 1.42 bits per heavy atom. The van der Waals surface area contributed by atoms with Gasteiger partial charge in [-0.2, -0.15) is 5.10 Å². The molecule has 2 heterocycles. The van der Waals surface area contributed by atoms with E-state index < -0.39 is 5.60 Å². The average Bonchev–Trinajstić information content (AvgIpc) is 2.82. The molecule has 102 valence electrons. The van der Waals surface area contributed by atoms with Crippen LogP contribution in [0.3, 0.4) is 0 Å². The number of nitrogens with zero attached hydrogens (tertiary/aromatic N) is 4. The molecule has 1 N–H and O–H groups in total. The van der Waals surface area contributed by atoms with Gasteiger partial charge in [-0.25, -0.2) is 9.67 Å². The number of aliphatic hydroxyl groups is 1. The van der Waals surface area contributed by atoms with Crippen molar-refractivity contribution in [3.63, 3.8) is 0 Å². The van der Waals surface area contributed by atoms with Gasteiger partial charge in [-0.3, -0.25) is 4.79 Å². The molecular weight excluding hydrogens is 244 g/mol. The average molecular weight is 262 g/mol. The molecule has 4 rings (SSSR count). The SMILES string of the molecule is CC(=O)N1CC2(CC(n3cnc(C4(O)CC4)n3)C2)C1. The molecule has 1 aromatic rings. The zero-order valence-electron chi connectivity index (χ0n) is 11.0. The molecule has 1 aromatic heterocycles. The Bertz CT molecular complexity index is 535. The van der Waals surface area contributed by atoms with Crippen LogP contribution in [0.25, 0.3) is 0 Å². The molecule has 0 unspecified atom stereocenters. The molecule has 3 aliphatic rings. The quantitative estimate of drug-likeness (QED) is 0.839. The van der Waals surface area contributed by atoms with Gasteiger partial charge in [0.1, 0.15) is 11.9 Å². The maximum atomic E-state index is 11.2. The van der Waals surface area contributed by atoms with Crippen LogP contribution in [0.5, 0.6) is 0 Å². The maximum Gasteiger partial charge on any atom is 0.219 e. The van der Waals surface area contributed by atoms with Gasteiger partial charge in [-0.15, -0.1) is 0 Å². The maximum absolute atomic E-state index is 11.2. The van der Waals surface area contributed by atoms with Crippen molar-refractivity contribution >= 4 is 5.91 Å². The summed E-state index contributed by atoms with van der Waals surface area (Å²) in [7, 11) is 0. The van der Waals surface area contributed by atoms with Crippen LogP contribution in [-0.2, 0) is 10.4 Å². The summed E-state index contributed by atoms with van der Waals surface area (Å²) in [6, 6.07) is 0.387. The minimum Gasteiger partial charge on any atom is -0.382 e. The van der Waals surface area contributed by atoms with Gasteiger partial charge in [-0.1, -0.05) is 0 Å². The molecule has 1 spiro atoms. The highest BCUT2D eigenvalue weighted by molar-refractivity contribution is 5.74. The van der Waals surface area contributed by atoms with Crippen LogP contribution in [-0.4, -0.2) is 43.8 Å². The Hall–Kier alpha value is -1.43. The second kappa shape index (κ2) is 3.36. The van der Waals surface area contributed by atoms with Crippen LogP contribution in [0, 0.1) is 5.41 Å². The molecule has 1 saturated heterocycles. The summed E-state index contributed by atoms with van der Waals surface area (Å²) < 4.78 is 1.90. The first-order valence-corrected chi connectivity index (χ1v) is 6.89. The zero-order chi connectivity index (χ0) is 13.3. The van der Waals surface area contributed by atoms with E-state index in [9.17, 15) is 9.90 Å². The number of carbonyl (C=O) groups excluding carboxylic acids is 1. The third-order valence-corrected chi connectivity index (χ3v) is 4.86. The van der Waals surface area contributed by atoms with Crippen LogP contribution in [0.15, 0.2) is 6.33 Å². The minimum atomic E-state index is -0.741. The van der Waals surface area contributed by atoms with Crippen LogP contribution in [0.4, 0.5) is 0 Å². The Morgan fingerprint density at radius 2 is 2.11 bits per heavy atom. The van der Waals surface area contributed by atoms with Crippen LogP contribution >= 0.6 is 0 Å². The monoisotopic (exact) mass is 262 g/mol. The molecular formula is C13H18N4O2. The number of likely N-dealkylation sites (tertiary alicyclic amines) is 1. The van der Waals surface area contributed by atoms with E-state index >= 15 is 0 Å². The lowest BCUT2D eigenvalue weighted by Gasteiger charge is -2.58. The van der Waals surface area contributed by atoms with Gasteiger partial charge in [0, 0.05) is 25.4 Å². The summed E-state index contributed by atoms with van der Waals surface area (Å²) in [4.78, 5) is 17.3. The van der Waals surface area contributed by atoms with Crippen molar-refractivity contribution in [3.05, 3.63) is 12.2 Å². The number of hydrogen-bond donors (Lipinski definition) is 1. The van der Waals surface area contributed by atoms with E-state index in [-0.39, 0.29) is 5.91 Å². The lowest BCUT2D eigenvalue weighted by molar-refractivity contribution is -0.152. The smallest absolute Gasteiger partial charge is 0.219 e. The van der Waals surface area contributed by atoms with Crippen molar-refractivity contribution in [2.45, 2.75) is 44.2 Å². The molecule has 0 radical (unpaired) electrons. The lowest BCUT2D eigenvalue weighted by atomic mass is 9.60. The predicted molar refractivity (Wildman–Crippen MR) is 66.1 cm³/mol. The molecule has 0 atom stereocenters. The first-order valence-electron chi connectivity index (χ1n) is 6.89. The largest absolute Gasteiger partial charge is 0.382 e. The summed E-state index contributed by atoms with van der Waals surface area (Å²) in [5.41, 5.74) is -0.409. The fourth-order valence-corrected chi connectivity index (χ4v) is 3.38. The molecule has 2 aliphatic carbocycles. The Balaban J connectivity index is 1.39. The van der Waals surface area contributed by atoms with E-state index in [1.54, 1.807) is 13.3 Å². The Kier molecular flexibility index (Phi) is 2.02. The van der Waals surface area contributed by atoms with Crippen molar-refractivity contribution in [2.75, 3.05) is 13.1 Å². The van der Waals surface area contributed by atoms with Crippen molar-refractivity contribution in [1.29, 1.82) is 0 Å². The normalized spacial score (nSPS) is 26.9. The highest BCUT2D eigenvalue weighted by Gasteiger charge is 2.54. The first kappa shape index (κ1) is 11.4. The van der Waals surface area contributed by atoms with Gasteiger partial charge in [-0.05, 0) is 25.7 Å². The highest BCUT2D eigenvalue weighted by Crippen LogP contribution is 2.54. The Morgan fingerprint density at radius 3 is 2.68 bits per heavy atom. The second-order valence-corrected chi connectivity index (χ2v) is 6.52. The number of carbonyl (C=O) groups is 1. The summed E-state index contributed by atoms with van der Waals surface area (Å²) in [6.07, 6.45) is 5.43. The minimum absolute atomic E-state index is 0.174. The van der Waals surface area contributed by atoms with Gasteiger partial charge in [0.05, 0.1) is 6.04 Å². The lowest BCUT2D eigenvalue weighted by Crippen LogP contribution is -2.63. The van der Waals surface area contributed by atoms with Crippen LogP contribution in [0.1, 0.15) is 44.5 Å². The van der Waals surface area contributed by atoms with Gasteiger partial charge < -0.3 is 10.0 Å². The molecule has 1 amide bonds. The van der Waals surface area contributed by atoms with Gasteiger partial charge >= 0.3 is 0 Å². The third kappa shape index (κ3) is 1.62. The number of amides is 1. The van der Waals surface area contributed by atoms with Crippen molar-refractivity contribution in [2.24, 2.45) is 5.41 Å². The van der Waals surface area contributed by atoms with Gasteiger partial charge in [0.15, 0.2) is 5.82 Å². The molecule has 2 saturated carbocycles. The van der Waals surface area contributed by atoms with Crippen molar-refractivity contribution in [1.82, 2.24) is 19.7 Å². The van der Waals surface area contributed by atoms with Crippen LogP contribution in [0.2, 0.25) is 0 Å². The highest BCUT2D eigenvalue weighted by atomic mass is 16.3. The number of hydrogen-bond acceptors (Lipinski definition) is 4. The van der Waals surface area contributed by atoms with Crippen LogP contribution < -0.4 is 0 Å². The molecule has 1 aliphatic heterocycles. The summed E-state index contributed by atoms with van der Waals surface area (Å²) >= 11 is 0. The molecule has 19 heavy (non-hydrogen) atoms. The molecule has 0 bridgehead atoms. The molecule has 6 heteroatoms. The van der Waals surface area contributed by atoms with Crippen molar-refractivity contribution in [3.8, 4) is 0 Å². The van der Waals surface area contributed by atoms with E-state index in [1.807, 2.05) is 9.58 Å². The summed E-state index contributed by atoms with van der Waals surface area (Å²) in [5.74, 6) is 0.750. The van der Waals surface area contributed by atoms with E-state index in [4.69, 9.17) is 0 Å². The molecule has 3 fully saturated rings. The third-order valence-electron chi connectivity index (χ3n) is 4.86. The summed E-state index contributed by atoms with van der Waals surface area (Å²) in [5, 5.41) is 14.4. The second-order valence-electron chi connectivity index (χ2n) is 6.52. The fourth-order valence-electron chi connectivity index (χ4n) is 3.38. The van der Waals surface area contributed by atoms with Crippen molar-refractivity contribution < 1.29 is 9.90 Å². The predicted octanol–water partition coefficient (Wildman–Crippen LogP) is 0.443. The fraction of sp³-hybridized carbons (Fsp3) is 0.769. The van der Waals surface area contributed by atoms with E-state index in [0.717, 1.165) is 38.8 Å². The summed E-state index contributed by atoms with van der Waals surface area (Å²) in [6.45, 7) is 3.41. The molecule has 6 nitrogen and oxygen atoms in total. The first-order chi connectivity index (χ1) is 9.00.